The number of carbonyl (C=O) groups excluding carboxylic acids is 1. The molecule has 37 heavy (non-hydrogen) atoms. The monoisotopic (exact) mass is 504 g/mol. The lowest BCUT2D eigenvalue weighted by Gasteiger charge is -2.44. The van der Waals surface area contributed by atoms with Crippen LogP contribution in [0.1, 0.15) is 39.2 Å². The highest BCUT2D eigenvalue weighted by Crippen LogP contribution is 2.37. The molecule has 8 nitrogen and oxygen atoms in total. The van der Waals surface area contributed by atoms with Crippen LogP contribution in [-0.2, 0) is 10.3 Å². The lowest BCUT2D eigenvalue weighted by atomic mass is 9.84. The molecule has 2 aliphatic heterocycles. The van der Waals surface area contributed by atoms with E-state index in [-0.39, 0.29) is 11.6 Å². The van der Waals surface area contributed by atoms with Gasteiger partial charge in [0.05, 0.1) is 11.2 Å². The van der Waals surface area contributed by atoms with Crippen LogP contribution in [0.3, 0.4) is 0 Å². The molecule has 0 spiro atoms. The number of benzene rings is 1. The number of piperidine rings is 1. The van der Waals surface area contributed by atoms with Gasteiger partial charge in [-0.1, -0.05) is 24.3 Å². The van der Waals surface area contributed by atoms with Crippen molar-refractivity contribution in [2.45, 2.75) is 45.3 Å². The smallest absolute Gasteiger partial charge is 0.317 e. The van der Waals surface area contributed by atoms with Crippen molar-refractivity contribution in [1.29, 1.82) is 0 Å². The van der Waals surface area contributed by atoms with E-state index in [0.29, 0.717) is 25.7 Å². The van der Waals surface area contributed by atoms with E-state index in [1.165, 1.54) is 11.1 Å². The standard InChI is InChI=1S/C29H40N6O2/c1-5-30-28(36)33-17-15-32(16-18-33)26-11-13-31-35-20-24(19-27(26)35)23-7-9-25(10-8-23)29(37-4)12-6-14-34(21-29)22(2)3/h7-11,13,19-20,22H,5-6,12,14-18,21H2,1-4H3,(H,30,36)/t29-/m1/s1. The summed E-state index contributed by atoms with van der Waals surface area (Å²) in [7, 11) is 1.85. The summed E-state index contributed by atoms with van der Waals surface area (Å²) in [4.78, 5) is 19.0. The molecule has 2 fully saturated rings. The second-order valence-electron chi connectivity index (χ2n) is 10.5. The van der Waals surface area contributed by atoms with E-state index in [1.807, 2.05) is 29.6 Å². The summed E-state index contributed by atoms with van der Waals surface area (Å²) < 4.78 is 8.13. The van der Waals surface area contributed by atoms with E-state index >= 15 is 0 Å². The van der Waals surface area contributed by atoms with Crippen LogP contribution in [0, 0.1) is 0 Å². The number of aromatic nitrogens is 2. The van der Waals surface area contributed by atoms with Crippen LogP contribution in [-0.4, -0.2) is 84.4 Å². The first kappa shape index (κ1) is 25.5. The summed E-state index contributed by atoms with van der Waals surface area (Å²) in [6.07, 6.45) is 6.15. The molecule has 1 N–H and O–H groups in total. The second kappa shape index (κ2) is 10.7. The summed E-state index contributed by atoms with van der Waals surface area (Å²) in [5, 5.41) is 7.48. The van der Waals surface area contributed by atoms with Crippen molar-refractivity contribution in [2.24, 2.45) is 0 Å². The number of nitrogens with one attached hydrogen (secondary N) is 1. The van der Waals surface area contributed by atoms with Crippen LogP contribution < -0.4 is 10.2 Å². The van der Waals surface area contributed by atoms with Crippen molar-refractivity contribution in [2.75, 3.05) is 57.8 Å². The molecular weight excluding hydrogens is 464 g/mol. The van der Waals surface area contributed by atoms with E-state index in [2.05, 4.69) is 76.7 Å². The van der Waals surface area contributed by atoms with Gasteiger partial charge in [0.15, 0.2) is 0 Å². The van der Waals surface area contributed by atoms with E-state index in [0.717, 1.165) is 55.8 Å². The zero-order chi connectivity index (χ0) is 26.0. The number of nitrogens with zero attached hydrogens (tertiary/aromatic N) is 5. The maximum absolute atomic E-state index is 12.2. The van der Waals surface area contributed by atoms with Crippen LogP contribution in [0.5, 0.6) is 0 Å². The molecule has 0 unspecified atom stereocenters. The number of hydrogen-bond donors (Lipinski definition) is 1. The molecule has 2 amide bonds. The van der Waals surface area contributed by atoms with Gasteiger partial charge in [-0.2, -0.15) is 5.10 Å². The van der Waals surface area contributed by atoms with E-state index < -0.39 is 0 Å². The number of rotatable bonds is 6. The zero-order valence-corrected chi connectivity index (χ0v) is 22.6. The van der Waals surface area contributed by atoms with Crippen molar-refractivity contribution in [3.05, 3.63) is 54.4 Å². The van der Waals surface area contributed by atoms with Crippen molar-refractivity contribution >= 4 is 17.2 Å². The highest BCUT2D eigenvalue weighted by atomic mass is 16.5. The fourth-order valence-corrected chi connectivity index (χ4v) is 5.82. The lowest BCUT2D eigenvalue weighted by molar-refractivity contribution is -0.0767. The average Bonchev–Trinajstić information content (AvgIpc) is 3.38. The molecule has 0 radical (unpaired) electrons. The number of fused-ring (bicyclic) bond motifs is 1. The summed E-state index contributed by atoms with van der Waals surface area (Å²) in [5.41, 5.74) is 5.55. The molecular formula is C29H40N6O2. The van der Waals surface area contributed by atoms with Gasteiger partial charge in [0, 0.05) is 70.4 Å². The molecule has 198 valence electrons. The molecule has 5 rings (SSSR count). The number of methoxy groups -OCH3 is 1. The Morgan fingerprint density at radius 1 is 1.08 bits per heavy atom. The quantitative estimate of drug-likeness (QED) is 0.545. The predicted molar refractivity (Wildman–Crippen MR) is 148 cm³/mol. The first-order valence-corrected chi connectivity index (χ1v) is 13.6. The number of amides is 2. The first-order valence-electron chi connectivity index (χ1n) is 13.6. The van der Waals surface area contributed by atoms with E-state index in [1.54, 1.807) is 0 Å². The third-order valence-corrected chi connectivity index (χ3v) is 8.07. The van der Waals surface area contributed by atoms with Crippen LogP contribution in [0.2, 0.25) is 0 Å². The SMILES string of the molecule is CCNC(=O)N1CCN(c2ccnn3cc(-c4ccc([C@@]5(OC)CCCN(C(C)C)C5)cc4)cc23)CC1. The molecule has 2 aliphatic rings. The Hall–Kier alpha value is -3.10. The molecule has 1 aromatic carbocycles. The molecule has 0 aliphatic carbocycles. The van der Waals surface area contributed by atoms with Gasteiger partial charge in [-0.3, -0.25) is 4.90 Å². The summed E-state index contributed by atoms with van der Waals surface area (Å²) in [5.74, 6) is 0. The van der Waals surface area contributed by atoms with E-state index in [4.69, 9.17) is 4.74 Å². The van der Waals surface area contributed by atoms with Gasteiger partial charge in [0.2, 0.25) is 0 Å². The maximum Gasteiger partial charge on any atom is 0.317 e. The predicted octanol–water partition coefficient (Wildman–Crippen LogP) is 4.20. The summed E-state index contributed by atoms with van der Waals surface area (Å²) >= 11 is 0. The number of piperazine rings is 1. The largest absolute Gasteiger partial charge is 0.372 e. The topological polar surface area (TPSA) is 65.4 Å². The second-order valence-corrected chi connectivity index (χ2v) is 10.5. The Morgan fingerprint density at radius 3 is 2.51 bits per heavy atom. The maximum atomic E-state index is 12.2. The molecule has 0 bridgehead atoms. The molecule has 3 aromatic rings. The Morgan fingerprint density at radius 2 is 1.84 bits per heavy atom. The minimum absolute atomic E-state index is 0.0239. The average molecular weight is 505 g/mol. The Labute approximate surface area is 220 Å². The third-order valence-electron chi connectivity index (χ3n) is 8.07. The molecule has 0 saturated carbocycles. The number of anilines is 1. The lowest BCUT2D eigenvalue weighted by Crippen LogP contribution is -2.51. The normalized spacial score (nSPS) is 21.1. The van der Waals surface area contributed by atoms with Gasteiger partial charge in [0.1, 0.15) is 5.60 Å². The van der Waals surface area contributed by atoms with Gasteiger partial charge < -0.3 is 19.9 Å². The van der Waals surface area contributed by atoms with Gasteiger partial charge >= 0.3 is 6.03 Å². The minimum atomic E-state index is -0.253. The van der Waals surface area contributed by atoms with Crippen molar-refractivity contribution < 1.29 is 9.53 Å². The van der Waals surface area contributed by atoms with Gasteiger partial charge in [-0.15, -0.1) is 0 Å². The third kappa shape index (κ3) is 5.05. The van der Waals surface area contributed by atoms with Crippen molar-refractivity contribution in [3.8, 4) is 11.1 Å². The summed E-state index contributed by atoms with van der Waals surface area (Å²) in [6, 6.07) is 13.7. The van der Waals surface area contributed by atoms with Gasteiger partial charge in [-0.05, 0) is 63.4 Å². The highest BCUT2D eigenvalue weighted by Gasteiger charge is 2.38. The molecule has 8 heteroatoms. The van der Waals surface area contributed by atoms with Crippen molar-refractivity contribution in [1.82, 2.24) is 24.7 Å². The molecule has 1 atom stereocenters. The Bertz CT molecular complexity index is 1210. The van der Waals surface area contributed by atoms with Gasteiger partial charge in [0.25, 0.3) is 0 Å². The molecule has 2 aromatic heterocycles. The van der Waals surface area contributed by atoms with Crippen LogP contribution in [0.25, 0.3) is 16.6 Å². The number of carbonyl (C=O) groups is 1. The zero-order valence-electron chi connectivity index (χ0n) is 22.6. The fraction of sp³-hybridized carbons (Fsp3) is 0.517. The fourth-order valence-electron chi connectivity index (χ4n) is 5.82. The summed E-state index contributed by atoms with van der Waals surface area (Å²) in [6.45, 7) is 12.2. The Balaban J connectivity index is 1.36. The minimum Gasteiger partial charge on any atom is -0.372 e. The number of ether oxygens (including phenoxy) is 1. The molecule has 4 heterocycles. The van der Waals surface area contributed by atoms with Crippen LogP contribution in [0.15, 0.2) is 48.8 Å². The van der Waals surface area contributed by atoms with Crippen molar-refractivity contribution in [3.63, 3.8) is 0 Å². The van der Waals surface area contributed by atoms with Gasteiger partial charge in [-0.25, -0.2) is 9.31 Å². The Kier molecular flexibility index (Phi) is 7.40. The molecule has 2 saturated heterocycles. The van der Waals surface area contributed by atoms with Crippen LogP contribution >= 0.6 is 0 Å². The number of urea groups is 1. The number of hydrogen-bond acceptors (Lipinski definition) is 5. The van der Waals surface area contributed by atoms with E-state index in [9.17, 15) is 4.79 Å². The van der Waals surface area contributed by atoms with Crippen LogP contribution in [0.4, 0.5) is 10.5 Å². The highest BCUT2D eigenvalue weighted by molar-refractivity contribution is 5.80. The number of likely N-dealkylation sites (tertiary alicyclic amines) is 1. The first-order chi connectivity index (χ1) is 17.9.